The van der Waals surface area contributed by atoms with Crippen molar-refractivity contribution >= 4 is 29.3 Å². The zero-order valence-corrected chi connectivity index (χ0v) is 11.1. The first-order chi connectivity index (χ1) is 9.16. The van der Waals surface area contributed by atoms with Gasteiger partial charge in [0.25, 0.3) is 5.18 Å². The van der Waals surface area contributed by atoms with E-state index in [1.807, 2.05) is 35.7 Å². The fraction of sp³-hybridized carbons (Fsp3) is 0.231. The quantitative estimate of drug-likeness (QED) is 0.828. The van der Waals surface area contributed by atoms with Crippen LogP contribution in [-0.2, 0) is 14.3 Å². The molecule has 19 heavy (non-hydrogen) atoms. The minimum Gasteiger partial charge on any atom is -0.332 e. The first-order valence-corrected chi connectivity index (χ1v) is 6.67. The van der Waals surface area contributed by atoms with E-state index in [9.17, 15) is 9.59 Å². The van der Waals surface area contributed by atoms with Crippen molar-refractivity contribution in [3.8, 4) is 0 Å². The number of ether oxygens (including phenoxy) is 1. The molecule has 0 spiro atoms. The van der Waals surface area contributed by atoms with E-state index in [4.69, 9.17) is 4.74 Å². The number of rotatable bonds is 2. The Morgan fingerprint density at radius 2 is 2.05 bits per heavy atom. The largest absolute Gasteiger partial charge is 0.332 e. The van der Waals surface area contributed by atoms with E-state index in [0.717, 1.165) is 11.3 Å². The number of fused-ring (bicyclic) bond motifs is 1. The Hall–Kier alpha value is -1.79. The monoisotopic (exact) mass is 276 g/mol. The second-order valence-corrected chi connectivity index (χ2v) is 5.25. The van der Waals surface area contributed by atoms with Gasteiger partial charge in [0.05, 0.1) is 5.70 Å². The van der Waals surface area contributed by atoms with Crippen LogP contribution in [0.15, 0.2) is 35.7 Å². The summed E-state index contributed by atoms with van der Waals surface area (Å²) in [5.74, 6) is -0.580. The molecule has 5 nitrogen and oxygen atoms in total. The van der Waals surface area contributed by atoms with Gasteiger partial charge in [-0.25, -0.2) is 0 Å². The summed E-state index contributed by atoms with van der Waals surface area (Å²) in [4.78, 5) is 25.2. The van der Waals surface area contributed by atoms with Crippen molar-refractivity contribution in [2.45, 2.75) is 11.6 Å². The summed E-state index contributed by atoms with van der Waals surface area (Å²) >= 11 is 1.27. The van der Waals surface area contributed by atoms with Crippen molar-refractivity contribution in [1.82, 2.24) is 10.2 Å². The van der Waals surface area contributed by atoms with Gasteiger partial charge in [-0.2, -0.15) is 0 Å². The molecular weight excluding hydrogens is 264 g/mol. The van der Waals surface area contributed by atoms with E-state index in [0.29, 0.717) is 0 Å². The van der Waals surface area contributed by atoms with Crippen molar-refractivity contribution in [2.75, 3.05) is 7.11 Å². The highest BCUT2D eigenvalue weighted by Crippen LogP contribution is 2.45. The lowest BCUT2D eigenvalue weighted by molar-refractivity contribution is -0.158. The standard InChI is InChI=1S/C13H12N2O3S/c1-18-13-14-11(16)7-12(17)15(13)10(8-19-13)9-5-3-2-4-6-9/h2-6,8H,7H2,1H3,(H,14,16)/t13-/m1/s1. The second-order valence-electron chi connectivity index (χ2n) is 4.23. The van der Waals surface area contributed by atoms with E-state index in [1.165, 1.54) is 23.8 Å². The van der Waals surface area contributed by atoms with Gasteiger partial charge < -0.3 is 10.1 Å². The van der Waals surface area contributed by atoms with E-state index >= 15 is 0 Å². The minimum atomic E-state index is -1.14. The molecule has 2 aliphatic heterocycles. The number of amides is 2. The maximum atomic E-state index is 12.2. The van der Waals surface area contributed by atoms with Crippen LogP contribution in [0.2, 0.25) is 0 Å². The van der Waals surface area contributed by atoms with Crippen LogP contribution in [0.1, 0.15) is 12.0 Å². The molecule has 0 aliphatic carbocycles. The van der Waals surface area contributed by atoms with Crippen LogP contribution in [0.4, 0.5) is 0 Å². The molecule has 1 aromatic rings. The number of thioether (sulfide) groups is 1. The highest BCUT2D eigenvalue weighted by atomic mass is 32.2. The molecule has 1 fully saturated rings. The SMILES string of the molecule is CO[C@@]12NC(=O)CC(=O)N1C(c1ccccc1)=CS2. The zero-order valence-electron chi connectivity index (χ0n) is 10.3. The summed E-state index contributed by atoms with van der Waals surface area (Å²) in [6.45, 7) is 0. The van der Waals surface area contributed by atoms with Crippen LogP contribution in [0.3, 0.4) is 0 Å². The third kappa shape index (κ3) is 1.84. The number of carbonyl (C=O) groups is 2. The molecule has 0 aromatic heterocycles. The van der Waals surface area contributed by atoms with Gasteiger partial charge in [0.15, 0.2) is 0 Å². The summed E-state index contributed by atoms with van der Waals surface area (Å²) in [5, 5.41) is 3.42. The molecule has 1 saturated heterocycles. The Labute approximate surface area is 114 Å². The van der Waals surface area contributed by atoms with Crippen LogP contribution in [0.25, 0.3) is 5.70 Å². The summed E-state index contributed by atoms with van der Waals surface area (Å²) < 4.78 is 5.38. The molecular formula is C13H12N2O3S. The molecule has 0 saturated carbocycles. The van der Waals surface area contributed by atoms with Crippen LogP contribution >= 0.6 is 11.8 Å². The lowest BCUT2D eigenvalue weighted by atomic mass is 10.1. The molecule has 98 valence electrons. The highest BCUT2D eigenvalue weighted by Gasteiger charge is 2.51. The molecule has 6 heteroatoms. The molecule has 1 atom stereocenters. The number of carbonyl (C=O) groups excluding carboxylic acids is 2. The van der Waals surface area contributed by atoms with E-state index < -0.39 is 5.18 Å². The molecule has 1 N–H and O–H groups in total. The van der Waals surface area contributed by atoms with Gasteiger partial charge in [-0.1, -0.05) is 42.1 Å². The van der Waals surface area contributed by atoms with Crippen molar-refractivity contribution in [3.63, 3.8) is 0 Å². The first-order valence-electron chi connectivity index (χ1n) is 5.79. The van der Waals surface area contributed by atoms with Crippen molar-refractivity contribution < 1.29 is 14.3 Å². The number of hydrogen-bond acceptors (Lipinski definition) is 4. The van der Waals surface area contributed by atoms with Crippen molar-refractivity contribution in [3.05, 3.63) is 41.3 Å². The average Bonchev–Trinajstić information content (AvgIpc) is 2.80. The molecule has 0 radical (unpaired) electrons. The van der Waals surface area contributed by atoms with Gasteiger partial charge in [-0.05, 0) is 5.56 Å². The fourth-order valence-electron chi connectivity index (χ4n) is 2.22. The van der Waals surface area contributed by atoms with Gasteiger partial charge in [-0.3, -0.25) is 14.5 Å². The maximum absolute atomic E-state index is 12.2. The topological polar surface area (TPSA) is 58.6 Å². The van der Waals surface area contributed by atoms with E-state index in [1.54, 1.807) is 0 Å². The molecule has 3 rings (SSSR count). The fourth-order valence-corrected chi connectivity index (χ4v) is 3.30. The summed E-state index contributed by atoms with van der Waals surface area (Å²) in [5.41, 5.74) is 1.66. The lowest BCUT2D eigenvalue weighted by Gasteiger charge is -2.40. The number of methoxy groups -OCH3 is 1. The summed E-state index contributed by atoms with van der Waals surface area (Å²) in [7, 11) is 1.47. The van der Waals surface area contributed by atoms with Gasteiger partial charge in [0, 0.05) is 12.5 Å². The average molecular weight is 276 g/mol. The third-order valence-electron chi connectivity index (χ3n) is 3.07. The lowest BCUT2D eigenvalue weighted by Crippen LogP contribution is -2.63. The Kier molecular flexibility index (Phi) is 2.83. The van der Waals surface area contributed by atoms with Gasteiger partial charge in [0.2, 0.25) is 11.8 Å². The first kappa shape index (κ1) is 12.3. The predicted octanol–water partition coefficient (Wildman–Crippen LogP) is 1.34. The van der Waals surface area contributed by atoms with E-state index in [2.05, 4.69) is 5.32 Å². The number of nitrogens with zero attached hydrogens (tertiary/aromatic N) is 1. The van der Waals surface area contributed by atoms with Crippen LogP contribution in [0.5, 0.6) is 0 Å². The number of nitrogens with one attached hydrogen (secondary N) is 1. The van der Waals surface area contributed by atoms with Crippen molar-refractivity contribution in [2.24, 2.45) is 0 Å². The zero-order chi connectivity index (χ0) is 13.5. The molecule has 2 heterocycles. The molecule has 2 aliphatic rings. The number of hydrogen-bond donors (Lipinski definition) is 1. The normalized spacial score (nSPS) is 25.9. The van der Waals surface area contributed by atoms with Crippen LogP contribution in [0, 0.1) is 0 Å². The Bertz CT molecular complexity index is 573. The van der Waals surface area contributed by atoms with Crippen LogP contribution < -0.4 is 5.32 Å². The van der Waals surface area contributed by atoms with Crippen molar-refractivity contribution in [1.29, 1.82) is 0 Å². The Morgan fingerprint density at radius 3 is 2.74 bits per heavy atom. The van der Waals surface area contributed by atoms with Crippen LogP contribution in [-0.4, -0.2) is 29.0 Å². The highest BCUT2D eigenvalue weighted by molar-refractivity contribution is 8.03. The molecule has 0 bridgehead atoms. The molecule has 2 amide bonds. The van der Waals surface area contributed by atoms with Gasteiger partial charge >= 0.3 is 0 Å². The Morgan fingerprint density at radius 1 is 1.32 bits per heavy atom. The predicted molar refractivity (Wildman–Crippen MR) is 71.4 cm³/mol. The van der Waals surface area contributed by atoms with Gasteiger partial charge in [-0.15, -0.1) is 0 Å². The van der Waals surface area contributed by atoms with E-state index in [-0.39, 0.29) is 18.2 Å². The summed E-state index contributed by atoms with van der Waals surface area (Å²) in [6, 6.07) is 9.56. The third-order valence-corrected chi connectivity index (χ3v) is 4.18. The molecule has 1 aromatic carbocycles. The molecule has 0 unspecified atom stereocenters. The number of benzene rings is 1. The minimum absolute atomic E-state index is 0.157. The second kappa shape index (κ2) is 4.40. The smallest absolute Gasteiger partial charge is 0.283 e. The van der Waals surface area contributed by atoms with Gasteiger partial charge in [0.1, 0.15) is 6.42 Å². The summed E-state index contributed by atoms with van der Waals surface area (Å²) in [6.07, 6.45) is -0.157. The Balaban J connectivity index is 2.02. The maximum Gasteiger partial charge on any atom is 0.283 e.